The van der Waals surface area contributed by atoms with Crippen LogP contribution in [-0.2, 0) is 7.05 Å². The highest BCUT2D eigenvalue weighted by Gasteiger charge is 2.13. The van der Waals surface area contributed by atoms with E-state index < -0.39 is 0 Å². The van der Waals surface area contributed by atoms with Crippen LogP contribution >= 0.6 is 0 Å². The highest BCUT2D eigenvalue weighted by molar-refractivity contribution is 5.96. The van der Waals surface area contributed by atoms with Gasteiger partial charge in [-0.3, -0.25) is 4.98 Å². The minimum absolute atomic E-state index is 0.619. The number of hydrogen-bond donors (Lipinski definition) is 0. The second-order valence-corrected chi connectivity index (χ2v) is 5.22. The van der Waals surface area contributed by atoms with Crippen LogP contribution in [0.15, 0.2) is 54.9 Å². The molecule has 0 saturated carbocycles. The first-order valence-electron chi connectivity index (χ1n) is 6.97. The number of rotatable bonds is 1. The van der Waals surface area contributed by atoms with Gasteiger partial charge in [-0.25, -0.2) is 4.98 Å². The van der Waals surface area contributed by atoms with E-state index in [1.54, 1.807) is 0 Å². The van der Waals surface area contributed by atoms with Crippen LogP contribution in [0.25, 0.3) is 33.2 Å². The predicted molar refractivity (Wildman–Crippen MR) is 86.2 cm³/mol. The summed E-state index contributed by atoms with van der Waals surface area (Å²) >= 11 is 0. The summed E-state index contributed by atoms with van der Waals surface area (Å²) in [5.74, 6) is 0.856. The normalized spacial score (nSPS) is 10.9. The first-order valence-corrected chi connectivity index (χ1v) is 6.97. The van der Waals surface area contributed by atoms with Gasteiger partial charge in [0.1, 0.15) is 5.82 Å². The molecule has 0 saturated heterocycles. The molecule has 0 N–H and O–H groups in total. The molecule has 104 valence electrons. The van der Waals surface area contributed by atoms with Gasteiger partial charge < -0.3 is 4.57 Å². The van der Waals surface area contributed by atoms with E-state index in [1.165, 1.54) is 0 Å². The van der Waals surface area contributed by atoms with Crippen molar-refractivity contribution in [3.8, 4) is 17.5 Å². The molecule has 0 spiro atoms. The molecule has 4 heteroatoms. The summed E-state index contributed by atoms with van der Waals surface area (Å²) in [6, 6.07) is 15.9. The first kappa shape index (κ1) is 12.5. The summed E-state index contributed by atoms with van der Waals surface area (Å²) in [7, 11) is 1.98. The second-order valence-electron chi connectivity index (χ2n) is 5.22. The van der Waals surface area contributed by atoms with E-state index in [0.29, 0.717) is 5.56 Å². The molecule has 0 aliphatic heterocycles. The van der Waals surface area contributed by atoms with Gasteiger partial charge in [0.2, 0.25) is 0 Å². The lowest BCUT2D eigenvalue weighted by molar-refractivity contribution is 0.959. The van der Waals surface area contributed by atoms with Gasteiger partial charge in [0.05, 0.1) is 22.7 Å². The molecule has 0 fully saturated rings. The van der Waals surface area contributed by atoms with Gasteiger partial charge >= 0.3 is 0 Å². The van der Waals surface area contributed by atoms with Gasteiger partial charge in [-0.05, 0) is 23.6 Å². The molecule has 0 aliphatic carbocycles. The second kappa shape index (κ2) is 4.68. The van der Waals surface area contributed by atoms with Gasteiger partial charge in [0.25, 0.3) is 0 Å². The molecular formula is C18H12N4. The van der Waals surface area contributed by atoms with Crippen molar-refractivity contribution in [1.29, 1.82) is 5.26 Å². The quantitative estimate of drug-likeness (QED) is 0.536. The summed E-state index contributed by atoms with van der Waals surface area (Å²) in [5, 5.41) is 11.2. The van der Waals surface area contributed by atoms with Gasteiger partial charge in [0, 0.05) is 30.4 Å². The number of nitriles is 1. The van der Waals surface area contributed by atoms with Crippen molar-refractivity contribution in [2.75, 3.05) is 0 Å². The van der Waals surface area contributed by atoms with Crippen LogP contribution in [0.2, 0.25) is 0 Å². The zero-order valence-electron chi connectivity index (χ0n) is 12.0. The number of aryl methyl sites for hydroxylation is 1. The Kier molecular flexibility index (Phi) is 2.67. The fourth-order valence-corrected chi connectivity index (χ4v) is 2.80. The lowest BCUT2D eigenvalue weighted by Gasteiger charge is -2.06. The number of aromatic nitrogens is 3. The van der Waals surface area contributed by atoms with Crippen molar-refractivity contribution in [3.05, 3.63) is 60.4 Å². The molecule has 4 rings (SSSR count). The molecule has 0 bridgehead atoms. The maximum Gasteiger partial charge on any atom is 0.143 e. The van der Waals surface area contributed by atoms with Crippen molar-refractivity contribution in [3.63, 3.8) is 0 Å². The summed E-state index contributed by atoms with van der Waals surface area (Å²) < 4.78 is 2.04. The third-order valence-electron chi connectivity index (χ3n) is 3.92. The van der Waals surface area contributed by atoms with Gasteiger partial charge in [-0.2, -0.15) is 5.26 Å². The Balaban J connectivity index is 2.05. The van der Waals surface area contributed by atoms with Gasteiger partial charge in [-0.1, -0.05) is 24.3 Å². The number of fused-ring (bicyclic) bond motifs is 2. The fraction of sp³-hybridized carbons (Fsp3) is 0.0556. The summed E-state index contributed by atoms with van der Waals surface area (Å²) in [6.07, 6.45) is 3.70. The minimum Gasteiger partial charge on any atom is -0.327 e. The molecular weight excluding hydrogens is 272 g/mol. The van der Waals surface area contributed by atoms with E-state index in [0.717, 1.165) is 33.2 Å². The first-order chi connectivity index (χ1) is 10.8. The third kappa shape index (κ3) is 1.76. The summed E-state index contributed by atoms with van der Waals surface area (Å²) in [5.41, 5.74) is 3.44. The van der Waals surface area contributed by atoms with Crippen molar-refractivity contribution in [2.45, 2.75) is 0 Å². The molecule has 0 radical (unpaired) electrons. The van der Waals surface area contributed by atoms with E-state index in [9.17, 15) is 0 Å². The SMILES string of the molecule is Cn1c(-c2cncc3ccccc23)nc2cc(C#N)ccc21. The van der Waals surface area contributed by atoms with E-state index in [1.807, 2.05) is 60.4 Å². The minimum atomic E-state index is 0.619. The number of pyridine rings is 1. The Bertz CT molecular complexity index is 1050. The number of imidazole rings is 1. The van der Waals surface area contributed by atoms with Crippen LogP contribution in [0, 0.1) is 11.3 Å². The summed E-state index contributed by atoms with van der Waals surface area (Å²) in [4.78, 5) is 9.04. The largest absolute Gasteiger partial charge is 0.327 e. The standard InChI is InChI=1S/C18H12N4/c1-22-17-7-6-12(9-19)8-16(17)21-18(22)15-11-20-10-13-4-2-3-5-14(13)15/h2-8,10-11H,1H3. The highest BCUT2D eigenvalue weighted by Crippen LogP contribution is 2.29. The van der Waals surface area contributed by atoms with Crippen LogP contribution in [-0.4, -0.2) is 14.5 Å². The van der Waals surface area contributed by atoms with Crippen molar-refractivity contribution >= 4 is 21.8 Å². The zero-order chi connectivity index (χ0) is 15.1. The van der Waals surface area contributed by atoms with Crippen LogP contribution in [0.5, 0.6) is 0 Å². The third-order valence-corrected chi connectivity index (χ3v) is 3.92. The lowest BCUT2D eigenvalue weighted by Crippen LogP contribution is -1.94. The zero-order valence-corrected chi connectivity index (χ0v) is 12.0. The fourth-order valence-electron chi connectivity index (χ4n) is 2.80. The molecule has 4 nitrogen and oxygen atoms in total. The number of benzene rings is 2. The Morgan fingerprint density at radius 3 is 2.82 bits per heavy atom. The number of hydrogen-bond acceptors (Lipinski definition) is 3. The highest BCUT2D eigenvalue weighted by atomic mass is 15.1. The maximum atomic E-state index is 9.04. The lowest BCUT2D eigenvalue weighted by atomic mass is 10.1. The topological polar surface area (TPSA) is 54.5 Å². The van der Waals surface area contributed by atoms with Crippen molar-refractivity contribution in [2.24, 2.45) is 7.05 Å². The monoisotopic (exact) mass is 284 g/mol. The molecule has 0 unspecified atom stereocenters. The van der Waals surface area contributed by atoms with Crippen molar-refractivity contribution in [1.82, 2.24) is 14.5 Å². The van der Waals surface area contributed by atoms with Crippen LogP contribution in [0.3, 0.4) is 0 Å². The Morgan fingerprint density at radius 1 is 1.09 bits per heavy atom. The summed E-state index contributed by atoms with van der Waals surface area (Å²) in [6.45, 7) is 0. The molecule has 2 aromatic heterocycles. The molecule has 2 aromatic carbocycles. The molecule has 2 heterocycles. The van der Waals surface area contributed by atoms with E-state index >= 15 is 0 Å². The molecule has 0 atom stereocenters. The Morgan fingerprint density at radius 2 is 1.95 bits per heavy atom. The molecule has 4 aromatic rings. The van der Waals surface area contributed by atoms with E-state index in [-0.39, 0.29) is 0 Å². The van der Waals surface area contributed by atoms with Gasteiger partial charge in [0.15, 0.2) is 0 Å². The van der Waals surface area contributed by atoms with Crippen LogP contribution < -0.4 is 0 Å². The molecule has 22 heavy (non-hydrogen) atoms. The van der Waals surface area contributed by atoms with Crippen LogP contribution in [0.1, 0.15) is 5.56 Å². The van der Waals surface area contributed by atoms with Crippen molar-refractivity contribution < 1.29 is 0 Å². The Labute approximate surface area is 127 Å². The van der Waals surface area contributed by atoms with E-state index in [2.05, 4.69) is 17.1 Å². The average molecular weight is 284 g/mol. The maximum absolute atomic E-state index is 9.04. The Hall–Kier alpha value is -3.19. The molecule has 0 amide bonds. The molecule has 0 aliphatic rings. The average Bonchev–Trinajstić information content (AvgIpc) is 2.90. The van der Waals surface area contributed by atoms with Crippen LogP contribution in [0.4, 0.5) is 0 Å². The van der Waals surface area contributed by atoms with Gasteiger partial charge in [-0.15, -0.1) is 0 Å². The predicted octanol–water partition coefficient (Wildman–Crippen LogP) is 3.66. The van der Waals surface area contributed by atoms with E-state index in [4.69, 9.17) is 10.2 Å². The number of nitrogens with zero attached hydrogens (tertiary/aromatic N) is 4. The smallest absolute Gasteiger partial charge is 0.143 e.